The lowest BCUT2D eigenvalue weighted by atomic mass is 9.82. The second kappa shape index (κ2) is 33.0. The lowest BCUT2D eigenvalue weighted by Crippen LogP contribution is -2.16. The molecule has 0 saturated heterocycles. The number of nitrogens with zero attached hydrogens (tertiary/aromatic N) is 3. The van der Waals surface area contributed by atoms with Crippen LogP contribution < -0.4 is 14.7 Å². The van der Waals surface area contributed by atoms with Crippen LogP contribution in [0.5, 0.6) is 0 Å². The number of fused-ring (bicyclic) bond motifs is 18. The zero-order valence-electron chi connectivity index (χ0n) is 72.6. The monoisotopic (exact) mass is 1680 g/mol. The van der Waals surface area contributed by atoms with Crippen LogP contribution in [0.3, 0.4) is 0 Å². The summed E-state index contributed by atoms with van der Waals surface area (Å²) in [6.45, 7) is 9.06. The van der Waals surface area contributed by atoms with Crippen molar-refractivity contribution in [3.8, 4) is 55.6 Å². The molecule has 24 aromatic rings. The molecule has 2 heterocycles. The second-order valence-corrected chi connectivity index (χ2v) is 35.8. The largest absolute Gasteiger partial charge is 0.454 e. The highest BCUT2D eigenvalue weighted by Crippen LogP contribution is 2.53. The van der Waals surface area contributed by atoms with E-state index in [1.165, 1.54) is 163 Å². The predicted octanol–water partition coefficient (Wildman–Crippen LogP) is 36.2. The second-order valence-electron chi connectivity index (χ2n) is 34.8. The highest BCUT2D eigenvalue weighted by atomic mass is 32.1. The smallest absolute Gasteiger partial charge is 0.159 e. The van der Waals surface area contributed by atoms with Crippen molar-refractivity contribution in [1.82, 2.24) is 0 Å². The van der Waals surface area contributed by atoms with E-state index in [-0.39, 0.29) is 5.41 Å². The number of hydrogen-bond acceptors (Lipinski definition) is 5. The molecule has 0 aliphatic heterocycles. The molecule has 0 atom stereocenters. The van der Waals surface area contributed by atoms with Gasteiger partial charge in [-0.15, -0.1) is 11.3 Å². The lowest BCUT2D eigenvalue weighted by molar-refractivity contribution is 0.660. The Morgan fingerprint density at radius 2 is 0.562 bits per heavy atom. The zero-order chi connectivity index (χ0) is 86.9. The van der Waals surface area contributed by atoms with E-state index in [0.717, 1.165) is 73.1 Å². The average molecular weight is 1680 g/mol. The van der Waals surface area contributed by atoms with Gasteiger partial charge in [0, 0.05) is 81.9 Å². The van der Waals surface area contributed by atoms with Crippen molar-refractivity contribution in [1.29, 1.82) is 0 Å². The molecule has 0 bridgehead atoms. The summed E-state index contributed by atoms with van der Waals surface area (Å²) in [5.74, 6) is 0. The Balaban J connectivity index is 0.000000112. The van der Waals surface area contributed by atoms with Gasteiger partial charge in [0.1, 0.15) is 5.58 Å². The molecular formula is C125H89N3OS. The summed E-state index contributed by atoms with van der Waals surface area (Å²) in [6.07, 6.45) is 0. The quantitative estimate of drug-likeness (QED) is 0.107. The van der Waals surface area contributed by atoms with Crippen molar-refractivity contribution in [3.63, 3.8) is 0 Å². The third kappa shape index (κ3) is 14.4. The molecule has 0 N–H and O–H groups in total. The number of thiophene rings is 1. The molecule has 0 fully saturated rings. The van der Waals surface area contributed by atoms with Gasteiger partial charge in [-0.2, -0.15) is 0 Å². The summed E-state index contributed by atoms with van der Waals surface area (Å²) < 4.78 is 9.19. The van der Waals surface area contributed by atoms with E-state index < -0.39 is 0 Å². The average Bonchev–Trinajstić information content (AvgIpc) is 1.58. The first-order chi connectivity index (χ1) is 64.0. The molecule has 130 heavy (non-hydrogen) atoms. The molecule has 2 aromatic heterocycles. The van der Waals surface area contributed by atoms with Gasteiger partial charge in [0.2, 0.25) is 0 Å². The number of furan rings is 1. The summed E-state index contributed by atoms with van der Waals surface area (Å²) in [5, 5.41) is 20.0. The summed E-state index contributed by atoms with van der Waals surface area (Å²) in [5.41, 5.74) is 29.6. The number of benzene rings is 22. The molecule has 22 aromatic carbocycles. The molecule has 1 aliphatic carbocycles. The molecule has 25 rings (SSSR count). The number of para-hydroxylation sites is 2. The molecule has 0 amide bonds. The van der Waals surface area contributed by atoms with E-state index in [1.54, 1.807) is 0 Å². The third-order valence-corrected chi connectivity index (χ3v) is 27.8. The van der Waals surface area contributed by atoms with Gasteiger partial charge in [-0.05, 0) is 284 Å². The van der Waals surface area contributed by atoms with Crippen LogP contribution in [-0.2, 0) is 5.41 Å². The van der Waals surface area contributed by atoms with Crippen molar-refractivity contribution in [3.05, 3.63) is 489 Å². The SMILES string of the molecule is CC1(C)c2ccccc2-c2ccc(N(c3ccc(-c4ccc5sc6ccccc6c5c4)cc3)c3ccc4ccc5ccccc5c4c3)cc21.Cc1ccc(-c2ccc(N(c3ccc(-c4ccccc4)cc3)c3ccc4ccc5ccccc5c4c3)cc2)cc1C.c1ccc(-c2ccc(N(c3ccc4ccc5ccccc5c4c3)c3cccc4c3oc3ccccc34)cc2)cc1. The van der Waals surface area contributed by atoms with E-state index in [2.05, 4.69) is 497 Å². The standard InChI is InChI=1S/C47H33NS.C40H31N.C38H25NO/c1-47(2)43-13-7-5-11-38(43)39-25-24-36(29-44(39)47)48(35-23-19-32-16-15-31-9-3-4-10-37(31)41(32)28-35)34-21-17-30(18-22-34)33-20-26-46-42(27-33)40-12-6-8-14-45(40)49-46;1-28-12-13-35(26-29(28)2)32-18-23-37(24-19-32)41(36-21-16-31(17-22-36)30-8-4-3-5-9-30)38-25-20-34-15-14-33-10-6-7-11-39(33)40(34)27-38;1-2-9-26(10-3-1)27-19-22-30(23-20-27)39(36-15-8-14-34-33-13-6-7-16-37(33)40-38(34)36)31-24-21-29-18-17-28-11-4-5-12-32(28)35(29)25-31/h3-29H,1-2H3;3-27H,1-2H3;1-25H. The van der Waals surface area contributed by atoms with E-state index >= 15 is 0 Å². The minimum atomic E-state index is -0.0818. The molecule has 616 valence electrons. The highest BCUT2D eigenvalue weighted by Gasteiger charge is 2.36. The van der Waals surface area contributed by atoms with Crippen LogP contribution >= 0.6 is 11.3 Å². The Morgan fingerprint density at radius 1 is 0.208 bits per heavy atom. The predicted molar refractivity (Wildman–Crippen MR) is 557 cm³/mol. The fourth-order valence-electron chi connectivity index (χ4n) is 19.7. The van der Waals surface area contributed by atoms with Gasteiger partial charge in [-0.3, -0.25) is 0 Å². The molecule has 1 aliphatic rings. The Hall–Kier alpha value is -16.2. The van der Waals surface area contributed by atoms with Crippen molar-refractivity contribution in [2.24, 2.45) is 0 Å². The number of anilines is 9. The normalized spacial score (nSPS) is 12.1. The van der Waals surface area contributed by atoms with Crippen molar-refractivity contribution >= 4 is 169 Å². The topological polar surface area (TPSA) is 22.9 Å². The van der Waals surface area contributed by atoms with E-state index in [0.29, 0.717) is 0 Å². The summed E-state index contributed by atoms with van der Waals surface area (Å²) in [4.78, 5) is 7.11. The van der Waals surface area contributed by atoms with Gasteiger partial charge in [0.05, 0.1) is 5.69 Å². The zero-order valence-corrected chi connectivity index (χ0v) is 73.4. The molecule has 4 nitrogen and oxygen atoms in total. The van der Waals surface area contributed by atoms with E-state index in [1.807, 2.05) is 23.5 Å². The summed E-state index contributed by atoms with van der Waals surface area (Å²) in [7, 11) is 0. The molecular weight excluding hydrogens is 1590 g/mol. The van der Waals surface area contributed by atoms with Crippen LogP contribution in [0.1, 0.15) is 36.1 Å². The highest BCUT2D eigenvalue weighted by molar-refractivity contribution is 7.25. The van der Waals surface area contributed by atoms with Gasteiger partial charge in [0.25, 0.3) is 0 Å². The Morgan fingerprint density at radius 3 is 1.09 bits per heavy atom. The van der Waals surface area contributed by atoms with Crippen LogP contribution in [0, 0.1) is 13.8 Å². The van der Waals surface area contributed by atoms with Gasteiger partial charge in [0.15, 0.2) is 5.58 Å². The first-order valence-electron chi connectivity index (χ1n) is 44.8. The molecule has 0 spiro atoms. The maximum atomic E-state index is 6.52. The first kappa shape index (κ1) is 78.5. The van der Waals surface area contributed by atoms with E-state index in [4.69, 9.17) is 4.42 Å². The third-order valence-electron chi connectivity index (χ3n) is 26.7. The van der Waals surface area contributed by atoms with Crippen molar-refractivity contribution in [2.45, 2.75) is 33.1 Å². The van der Waals surface area contributed by atoms with Gasteiger partial charge in [-0.1, -0.05) is 354 Å². The van der Waals surface area contributed by atoms with Gasteiger partial charge < -0.3 is 19.1 Å². The fraction of sp³-hybridized carbons (Fsp3) is 0.0400. The van der Waals surface area contributed by atoms with Crippen LogP contribution in [0.15, 0.2) is 472 Å². The van der Waals surface area contributed by atoms with Gasteiger partial charge >= 0.3 is 0 Å². The van der Waals surface area contributed by atoms with Crippen LogP contribution in [0.2, 0.25) is 0 Å². The molecule has 0 radical (unpaired) electrons. The molecule has 0 saturated carbocycles. The Kier molecular flexibility index (Phi) is 19.9. The van der Waals surface area contributed by atoms with Crippen LogP contribution in [-0.4, -0.2) is 0 Å². The molecule has 0 unspecified atom stereocenters. The fourth-order valence-corrected chi connectivity index (χ4v) is 20.8. The minimum absolute atomic E-state index is 0.0818. The summed E-state index contributed by atoms with van der Waals surface area (Å²) >= 11 is 1.87. The van der Waals surface area contributed by atoms with Crippen LogP contribution in [0.25, 0.3) is 162 Å². The minimum Gasteiger partial charge on any atom is -0.454 e. The maximum Gasteiger partial charge on any atom is 0.159 e. The van der Waals surface area contributed by atoms with Crippen molar-refractivity contribution < 1.29 is 4.42 Å². The van der Waals surface area contributed by atoms with E-state index in [9.17, 15) is 0 Å². The first-order valence-corrected chi connectivity index (χ1v) is 45.6. The Bertz CT molecular complexity index is 8460. The Labute approximate surface area is 761 Å². The number of aryl methyl sites for hydroxylation is 2. The lowest BCUT2D eigenvalue weighted by Gasteiger charge is -2.28. The van der Waals surface area contributed by atoms with Crippen LogP contribution in [0.4, 0.5) is 51.2 Å². The van der Waals surface area contributed by atoms with Crippen molar-refractivity contribution in [2.75, 3.05) is 14.7 Å². The number of hydrogen-bond donors (Lipinski definition) is 0. The molecule has 5 heteroatoms. The van der Waals surface area contributed by atoms with Gasteiger partial charge in [-0.25, -0.2) is 0 Å². The number of rotatable bonds is 13. The summed E-state index contributed by atoms with van der Waals surface area (Å²) in [6, 6.07) is 170. The maximum absolute atomic E-state index is 6.52.